The van der Waals surface area contributed by atoms with Crippen molar-refractivity contribution in [3.05, 3.63) is 59.6 Å². The Kier molecular flexibility index (Phi) is 11.7. The molecule has 3 aliphatic carbocycles. The molecule has 10 nitrogen and oxygen atoms in total. The highest BCUT2D eigenvalue weighted by Crippen LogP contribution is 2.61. The van der Waals surface area contributed by atoms with Crippen LogP contribution in [-0.2, 0) is 38.0 Å². The molecule has 10 heteroatoms. The lowest BCUT2D eigenvalue weighted by Crippen LogP contribution is -2.43. The number of ketones is 1. The van der Waals surface area contributed by atoms with Crippen LogP contribution in [0.25, 0.3) is 16.4 Å². The van der Waals surface area contributed by atoms with Crippen molar-refractivity contribution < 1.29 is 38.0 Å². The highest BCUT2D eigenvalue weighted by atomic mass is 16.7. The van der Waals surface area contributed by atoms with E-state index in [2.05, 4.69) is 60.9 Å². The molecule has 1 saturated heterocycles. The first kappa shape index (κ1) is 38.1. The average molecular weight is 731 g/mol. The van der Waals surface area contributed by atoms with Crippen LogP contribution in [0.2, 0.25) is 0 Å². The molecule has 3 heterocycles. The van der Waals surface area contributed by atoms with Crippen molar-refractivity contribution in [1.29, 1.82) is 0 Å². The minimum Gasteiger partial charge on any atom is -0.462 e. The summed E-state index contributed by atoms with van der Waals surface area (Å²) in [6.45, 7) is 8.42. The number of Topliss-reactive ketones (excluding diaryl/α,β-unsaturated/α-hetero) is 1. The van der Waals surface area contributed by atoms with E-state index in [1.54, 1.807) is 21.3 Å². The van der Waals surface area contributed by atoms with E-state index in [9.17, 15) is 9.59 Å². The highest BCUT2D eigenvalue weighted by Gasteiger charge is 2.56. The number of carbonyl (C=O) groups excluding carboxylic acids is 2. The number of carbonyl (C=O) groups is 2. The number of benzene rings is 1. The number of fused-ring (bicyclic) bond motifs is 12. The first-order chi connectivity index (χ1) is 25.7. The second kappa shape index (κ2) is 16.3. The lowest BCUT2D eigenvalue weighted by molar-refractivity contribution is -0.255. The molecule has 3 aromatic rings. The van der Waals surface area contributed by atoms with E-state index >= 15 is 0 Å². The van der Waals surface area contributed by atoms with E-state index in [1.165, 1.54) is 5.69 Å². The highest BCUT2D eigenvalue weighted by molar-refractivity contribution is 5.99. The zero-order chi connectivity index (χ0) is 37.4. The van der Waals surface area contributed by atoms with Gasteiger partial charge in [0, 0.05) is 62.3 Å². The number of cyclic esters (lactones) is 1. The van der Waals surface area contributed by atoms with Crippen LogP contribution in [-0.4, -0.2) is 85.9 Å². The van der Waals surface area contributed by atoms with Gasteiger partial charge in [-0.2, -0.15) is 0 Å². The number of nitrogens with zero attached hydrogens (tertiary/aromatic N) is 2. The molecule has 2 aromatic heterocycles. The van der Waals surface area contributed by atoms with E-state index in [0.29, 0.717) is 6.61 Å². The summed E-state index contributed by atoms with van der Waals surface area (Å²) in [4.78, 5) is 33.7. The molecule has 0 radical (unpaired) electrons. The van der Waals surface area contributed by atoms with Crippen molar-refractivity contribution in [3.8, 4) is 0 Å². The van der Waals surface area contributed by atoms with Gasteiger partial charge in [-0.3, -0.25) is 9.59 Å². The minimum absolute atomic E-state index is 0.0253. The third kappa shape index (κ3) is 7.34. The third-order valence-corrected chi connectivity index (χ3v) is 12.9. The Morgan fingerprint density at radius 2 is 1.77 bits per heavy atom. The number of esters is 1. The summed E-state index contributed by atoms with van der Waals surface area (Å²) < 4.78 is 38.8. The molecule has 53 heavy (non-hydrogen) atoms. The summed E-state index contributed by atoms with van der Waals surface area (Å²) in [5.74, 6) is -0.279. The van der Waals surface area contributed by atoms with E-state index in [1.807, 2.05) is 13.8 Å². The Morgan fingerprint density at radius 1 is 0.981 bits per heavy atom. The van der Waals surface area contributed by atoms with Crippen molar-refractivity contribution in [3.63, 3.8) is 0 Å². The Morgan fingerprint density at radius 3 is 2.53 bits per heavy atom. The van der Waals surface area contributed by atoms with Crippen LogP contribution in [0.1, 0.15) is 102 Å². The maximum Gasteiger partial charge on any atom is 0.306 e. The van der Waals surface area contributed by atoms with Crippen LogP contribution in [0.4, 0.5) is 0 Å². The summed E-state index contributed by atoms with van der Waals surface area (Å²) >= 11 is 0. The van der Waals surface area contributed by atoms with Crippen LogP contribution in [0.3, 0.4) is 0 Å². The molecule has 2 fully saturated rings. The molecular weight excluding hydrogens is 672 g/mol. The van der Waals surface area contributed by atoms with Gasteiger partial charge in [0.25, 0.3) is 0 Å². The van der Waals surface area contributed by atoms with Crippen LogP contribution >= 0.6 is 0 Å². The van der Waals surface area contributed by atoms with Crippen molar-refractivity contribution in [2.45, 2.75) is 128 Å². The SMILES string of the molecule is CC[C@H]1CCCC[C@@H](C)C(=O)C2=C[C@@H]3[C@@H](c4nc5c6ccccc6ccn5c4C4C[C@@H](OC(OC(C)[C@@H](C)OC)[C@H](COC)OC)C[C@H]43)[C@@H]2CC(=O)O1. The Labute approximate surface area is 313 Å². The zero-order valence-electron chi connectivity index (χ0n) is 32.5. The summed E-state index contributed by atoms with van der Waals surface area (Å²) in [6.07, 6.45) is 8.67. The molecule has 0 spiro atoms. The van der Waals surface area contributed by atoms with Gasteiger partial charge >= 0.3 is 5.97 Å². The summed E-state index contributed by atoms with van der Waals surface area (Å²) in [5, 5.41) is 2.21. The van der Waals surface area contributed by atoms with E-state index in [0.717, 1.165) is 72.6 Å². The summed E-state index contributed by atoms with van der Waals surface area (Å²) in [7, 11) is 4.98. The summed E-state index contributed by atoms with van der Waals surface area (Å²) in [6, 6.07) is 10.5. The number of methoxy groups -OCH3 is 3. The average Bonchev–Trinajstić information content (AvgIpc) is 3.87. The molecule has 7 rings (SSSR count). The van der Waals surface area contributed by atoms with Crippen LogP contribution in [0.5, 0.6) is 0 Å². The predicted octanol–water partition coefficient (Wildman–Crippen LogP) is 7.55. The quantitative estimate of drug-likeness (QED) is 0.146. The van der Waals surface area contributed by atoms with Crippen LogP contribution in [0, 0.1) is 23.7 Å². The molecular formula is C43H58N2O8. The fraction of sp³-hybridized carbons (Fsp3) is 0.651. The fourth-order valence-corrected chi connectivity index (χ4v) is 9.78. The predicted molar refractivity (Wildman–Crippen MR) is 202 cm³/mol. The number of hydrogen-bond donors (Lipinski definition) is 0. The van der Waals surface area contributed by atoms with E-state index < -0.39 is 12.4 Å². The number of imidazole rings is 1. The van der Waals surface area contributed by atoms with Crippen molar-refractivity contribution in [2.75, 3.05) is 27.9 Å². The van der Waals surface area contributed by atoms with Gasteiger partial charge in [0.15, 0.2) is 12.1 Å². The molecule has 12 atom stereocenters. The zero-order valence-corrected chi connectivity index (χ0v) is 32.5. The Balaban J connectivity index is 1.31. The number of allylic oxidation sites excluding steroid dienone is 2. The maximum absolute atomic E-state index is 14.4. The van der Waals surface area contributed by atoms with Gasteiger partial charge in [-0.05, 0) is 81.2 Å². The largest absolute Gasteiger partial charge is 0.462 e. The van der Waals surface area contributed by atoms with Gasteiger partial charge in [0.2, 0.25) is 0 Å². The topological polar surface area (TPSA) is 107 Å². The molecule has 0 amide bonds. The van der Waals surface area contributed by atoms with Crippen LogP contribution < -0.4 is 0 Å². The van der Waals surface area contributed by atoms with Crippen molar-refractivity contribution >= 4 is 28.2 Å². The molecule has 0 N–H and O–H groups in total. The number of hydrogen-bond acceptors (Lipinski definition) is 9. The number of ether oxygens (including phenoxy) is 6. The van der Waals surface area contributed by atoms with Gasteiger partial charge in [0.1, 0.15) is 17.9 Å². The molecule has 3 unspecified atom stereocenters. The van der Waals surface area contributed by atoms with Gasteiger partial charge in [0.05, 0.1) is 37.0 Å². The number of aromatic nitrogens is 2. The molecule has 4 aliphatic rings. The first-order valence-corrected chi connectivity index (χ1v) is 19.9. The van der Waals surface area contributed by atoms with Gasteiger partial charge in [-0.15, -0.1) is 0 Å². The van der Waals surface area contributed by atoms with Crippen molar-refractivity contribution in [2.24, 2.45) is 23.7 Å². The molecule has 1 aliphatic heterocycles. The minimum atomic E-state index is -0.681. The van der Waals surface area contributed by atoms with Gasteiger partial charge in [-0.25, -0.2) is 4.98 Å². The molecule has 1 saturated carbocycles. The summed E-state index contributed by atoms with van der Waals surface area (Å²) in [5.41, 5.74) is 3.87. The first-order valence-electron chi connectivity index (χ1n) is 19.9. The van der Waals surface area contributed by atoms with Gasteiger partial charge in [-0.1, -0.05) is 50.6 Å². The Hall–Kier alpha value is -3.15. The lowest BCUT2D eigenvalue weighted by Gasteiger charge is -2.37. The van der Waals surface area contributed by atoms with Crippen LogP contribution in [0.15, 0.2) is 48.2 Å². The standard InChI is InChI=1S/C43H58N2O8/c1-8-28-15-11-9-13-24(2)41(47)35-21-32-31-19-29(53-43(36(50-7)23-48-5)51-26(4)25(3)49-6)20-34(31)40-39(38(32)33(35)22-37(46)52-28)44-42-30-16-12-10-14-27(30)17-18-45(40)42/h10,12,14,16-18,21,24-26,28-29,31-34,36,38,43H,8-9,11,13,15,19-20,22-23H2,1-7H3/t24-,25-,26?,28+,29+,31+,32+,33-,34?,36+,38-,43?/m1/s1. The van der Waals surface area contributed by atoms with Gasteiger partial charge < -0.3 is 32.8 Å². The molecule has 0 bridgehead atoms. The maximum atomic E-state index is 14.4. The van der Waals surface area contributed by atoms with E-state index in [4.69, 9.17) is 33.4 Å². The monoisotopic (exact) mass is 730 g/mol. The lowest BCUT2D eigenvalue weighted by atomic mass is 9.66. The molecule has 1 aromatic carbocycles. The van der Waals surface area contributed by atoms with E-state index in [-0.39, 0.29) is 78.1 Å². The normalized spacial score (nSPS) is 31.3. The Bertz CT molecular complexity index is 1800. The number of rotatable bonds is 11. The fourth-order valence-electron chi connectivity index (χ4n) is 9.78. The van der Waals surface area contributed by atoms with Crippen molar-refractivity contribution in [1.82, 2.24) is 9.38 Å². The second-order valence-corrected chi connectivity index (χ2v) is 16.0. The molecule has 288 valence electrons. The second-order valence-electron chi connectivity index (χ2n) is 16.0. The smallest absolute Gasteiger partial charge is 0.306 e. The third-order valence-electron chi connectivity index (χ3n) is 12.9. The number of pyridine rings is 1.